The molecule has 3 aromatic rings. The third kappa shape index (κ3) is 5.31. The molecule has 0 fully saturated rings. The zero-order chi connectivity index (χ0) is 21.6. The molecular weight excluding hydrogens is 473 g/mol. The predicted octanol–water partition coefficient (Wildman–Crippen LogP) is 3.93. The van der Waals surface area contributed by atoms with Crippen LogP contribution in [-0.2, 0) is 14.8 Å². The monoisotopic (exact) mass is 489 g/mol. The molecule has 9 heteroatoms. The molecule has 0 atom stereocenters. The van der Waals surface area contributed by atoms with Gasteiger partial charge in [0.15, 0.2) is 0 Å². The minimum Gasteiger partial charge on any atom is -0.271 e. The number of hydrogen-bond acceptors (Lipinski definition) is 4. The Kier molecular flexibility index (Phi) is 6.96. The molecule has 1 amide bonds. The third-order valence-corrected chi connectivity index (χ3v) is 6.35. The average molecular weight is 490 g/mol. The van der Waals surface area contributed by atoms with Gasteiger partial charge in [-0.05, 0) is 42.5 Å². The van der Waals surface area contributed by atoms with Crippen LogP contribution in [0.3, 0.4) is 0 Å². The van der Waals surface area contributed by atoms with E-state index in [1.807, 2.05) is 0 Å². The fourth-order valence-electron chi connectivity index (χ4n) is 2.56. The van der Waals surface area contributed by atoms with Crippen LogP contribution in [0.4, 0.5) is 10.1 Å². The SMILES string of the molecule is O=C(CN(c1ccc(Br)cc1)S(=O)(=O)c1ccccc1)N/N=C\c1ccccc1F. The second-order valence-electron chi connectivity index (χ2n) is 6.12. The second-order valence-corrected chi connectivity index (χ2v) is 8.89. The highest BCUT2D eigenvalue weighted by Crippen LogP contribution is 2.25. The number of rotatable bonds is 7. The van der Waals surface area contributed by atoms with Crippen molar-refractivity contribution in [2.24, 2.45) is 5.10 Å². The van der Waals surface area contributed by atoms with Gasteiger partial charge < -0.3 is 0 Å². The molecule has 0 radical (unpaired) electrons. The van der Waals surface area contributed by atoms with E-state index in [1.54, 1.807) is 48.5 Å². The molecule has 1 N–H and O–H groups in total. The standard InChI is InChI=1S/C21H17BrFN3O3S/c22-17-10-12-18(13-11-17)26(30(28,29)19-7-2-1-3-8-19)15-21(27)25-24-14-16-6-4-5-9-20(16)23/h1-14H,15H2,(H,25,27)/b24-14-. The smallest absolute Gasteiger partial charge is 0.264 e. The second kappa shape index (κ2) is 9.64. The zero-order valence-electron chi connectivity index (χ0n) is 15.6. The number of sulfonamides is 1. The molecule has 6 nitrogen and oxygen atoms in total. The molecule has 0 aliphatic rings. The Balaban J connectivity index is 1.83. The summed E-state index contributed by atoms with van der Waals surface area (Å²) in [6, 6.07) is 20.3. The highest BCUT2D eigenvalue weighted by Gasteiger charge is 2.27. The van der Waals surface area contributed by atoms with E-state index in [9.17, 15) is 17.6 Å². The molecule has 30 heavy (non-hydrogen) atoms. The van der Waals surface area contributed by atoms with E-state index in [1.165, 1.54) is 30.3 Å². The van der Waals surface area contributed by atoms with Crippen molar-refractivity contribution in [3.8, 4) is 0 Å². The minimum atomic E-state index is -4.00. The summed E-state index contributed by atoms with van der Waals surface area (Å²) in [5, 5.41) is 3.72. The molecule has 3 rings (SSSR count). The van der Waals surface area contributed by atoms with Gasteiger partial charge in [0.05, 0.1) is 16.8 Å². The first kappa shape index (κ1) is 21.7. The van der Waals surface area contributed by atoms with Crippen LogP contribution in [-0.4, -0.2) is 27.1 Å². The molecule has 0 spiro atoms. The molecule has 0 saturated carbocycles. The third-order valence-electron chi connectivity index (χ3n) is 4.03. The number of hydrazone groups is 1. The number of anilines is 1. The maximum absolute atomic E-state index is 13.6. The molecule has 0 aromatic heterocycles. The average Bonchev–Trinajstić information content (AvgIpc) is 2.75. The van der Waals surface area contributed by atoms with Gasteiger partial charge in [0.2, 0.25) is 0 Å². The summed E-state index contributed by atoms with van der Waals surface area (Å²) in [7, 11) is -4.00. The maximum atomic E-state index is 13.6. The zero-order valence-corrected chi connectivity index (χ0v) is 18.0. The lowest BCUT2D eigenvalue weighted by molar-refractivity contribution is -0.119. The van der Waals surface area contributed by atoms with Crippen molar-refractivity contribution in [1.29, 1.82) is 0 Å². The van der Waals surface area contributed by atoms with Gasteiger partial charge >= 0.3 is 0 Å². The van der Waals surface area contributed by atoms with E-state index in [2.05, 4.69) is 26.5 Å². The largest absolute Gasteiger partial charge is 0.271 e. The van der Waals surface area contributed by atoms with E-state index < -0.39 is 28.3 Å². The maximum Gasteiger partial charge on any atom is 0.264 e. The molecule has 3 aromatic carbocycles. The van der Waals surface area contributed by atoms with Crippen LogP contribution in [0.2, 0.25) is 0 Å². The number of halogens is 2. The highest BCUT2D eigenvalue weighted by molar-refractivity contribution is 9.10. The van der Waals surface area contributed by atoms with Crippen molar-refractivity contribution < 1.29 is 17.6 Å². The van der Waals surface area contributed by atoms with Crippen molar-refractivity contribution in [1.82, 2.24) is 5.43 Å². The summed E-state index contributed by atoms with van der Waals surface area (Å²) in [4.78, 5) is 12.5. The topological polar surface area (TPSA) is 78.8 Å². The van der Waals surface area contributed by atoms with Gasteiger partial charge in [-0.25, -0.2) is 18.2 Å². The van der Waals surface area contributed by atoms with E-state index in [-0.39, 0.29) is 10.5 Å². The molecule has 0 heterocycles. The first-order valence-corrected chi connectivity index (χ1v) is 11.0. The predicted molar refractivity (Wildman–Crippen MR) is 117 cm³/mol. The van der Waals surface area contributed by atoms with Gasteiger partial charge in [-0.3, -0.25) is 9.10 Å². The summed E-state index contributed by atoms with van der Waals surface area (Å²) in [6.45, 7) is -0.506. The number of nitrogens with zero attached hydrogens (tertiary/aromatic N) is 2. The van der Waals surface area contributed by atoms with E-state index in [0.717, 1.165) is 15.0 Å². The minimum absolute atomic E-state index is 0.0515. The van der Waals surface area contributed by atoms with E-state index in [4.69, 9.17) is 0 Å². The molecule has 0 aliphatic carbocycles. The lowest BCUT2D eigenvalue weighted by atomic mass is 10.2. The van der Waals surface area contributed by atoms with Crippen molar-refractivity contribution in [2.45, 2.75) is 4.90 Å². The molecule has 0 saturated heterocycles. The lowest BCUT2D eigenvalue weighted by Gasteiger charge is -2.23. The molecule has 0 bridgehead atoms. The van der Waals surface area contributed by atoms with Crippen molar-refractivity contribution in [3.63, 3.8) is 0 Å². The van der Waals surface area contributed by atoms with Gasteiger partial charge in [-0.2, -0.15) is 5.10 Å². The van der Waals surface area contributed by atoms with Crippen LogP contribution < -0.4 is 9.73 Å². The number of benzene rings is 3. The van der Waals surface area contributed by atoms with E-state index in [0.29, 0.717) is 5.69 Å². The quantitative estimate of drug-likeness (QED) is 0.403. The molecular formula is C21H17BrFN3O3S. The summed E-state index contributed by atoms with van der Waals surface area (Å²) in [6.07, 6.45) is 1.16. The number of nitrogens with one attached hydrogen (secondary N) is 1. The van der Waals surface area contributed by atoms with Crippen molar-refractivity contribution in [3.05, 3.63) is 94.7 Å². The first-order valence-electron chi connectivity index (χ1n) is 8.78. The number of carbonyl (C=O) groups is 1. The summed E-state index contributed by atoms with van der Waals surface area (Å²) < 4.78 is 41.7. The van der Waals surface area contributed by atoms with Crippen LogP contribution in [0.25, 0.3) is 0 Å². The van der Waals surface area contributed by atoms with E-state index >= 15 is 0 Å². The van der Waals surface area contributed by atoms with Gasteiger partial charge in [0.25, 0.3) is 15.9 Å². The number of hydrogen-bond donors (Lipinski definition) is 1. The van der Waals surface area contributed by atoms with Crippen LogP contribution in [0.15, 0.2) is 93.3 Å². The molecule has 0 aliphatic heterocycles. The Morgan fingerprint density at radius 1 is 1.00 bits per heavy atom. The Bertz CT molecular complexity index is 1150. The number of amides is 1. The van der Waals surface area contributed by atoms with Crippen LogP contribution >= 0.6 is 15.9 Å². The van der Waals surface area contributed by atoms with Crippen LogP contribution in [0, 0.1) is 5.82 Å². The van der Waals surface area contributed by atoms with Gasteiger partial charge in [0, 0.05) is 10.0 Å². The Morgan fingerprint density at radius 2 is 1.63 bits per heavy atom. The first-order chi connectivity index (χ1) is 14.4. The van der Waals surface area contributed by atoms with Crippen LogP contribution in [0.5, 0.6) is 0 Å². The summed E-state index contributed by atoms with van der Waals surface area (Å²) in [5.74, 6) is -1.16. The fraction of sp³-hybridized carbons (Fsp3) is 0.0476. The van der Waals surface area contributed by atoms with Crippen molar-refractivity contribution in [2.75, 3.05) is 10.8 Å². The van der Waals surface area contributed by atoms with Gasteiger partial charge in [0.1, 0.15) is 12.4 Å². The Morgan fingerprint density at radius 3 is 2.30 bits per heavy atom. The summed E-state index contributed by atoms with van der Waals surface area (Å²) >= 11 is 3.31. The normalized spacial score (nSPS) is 11.4. The fourth-order valence-corrected chi connectivity index (χ4v) is 4.27. The molecule has 0 unspecified atom stereocenters. The Labute approximate surface area is 182 Å². The lowest BCUT2D eigenvalue weighted by Crippen LogP contribution is -2.39. The van der Waals surface area contributed by atoms with Gasteiger partial charge in [-0.1, -0.05) is 52.3 Å². The molecule has 154 valence electrons. The number of carbonyl (C=O) groups excluding carboxylic acids is 1. The van der Waals surface area contributed by atoms with Crippen LogP contribution in [0.1, 0.15) is 5.56 Å². The highest BCUT2D eigenvalue weighted by atomic mass is 79.9. The van der Waals surface area contributed by atoms with Crippen molar-refractivity contribution >= 4 is 43.8 Å². The summed E-state index contributed by atoms with van der Waals surface area (Å²) in [5.41, 5.74) is 2.75. The van der Waals surface area contributed by atoms with Gasteiger partial charge in [-0.15, -0.1) is 0 Å². The Hall–Kier alpha value is -3.04.